The van der Waals surface area contributed by atoms with Gasteiger partial charge in [-0.1, -0.05) is 17.7 Å². The number of nitrogens with zero attached hydrogens (tertiary/aromatic N) is 2. The molecule has 24 heavy (non-hydrogen) atoms. The SMILES string of the molecule is CC(C(N)=O)N1CCC=C(CCNC(=O)c2cccc(C#N)c2)C1. The maximum atomic E-state index is 12.1. The third-order valence-corrected chi connectivity index (χ3v) is 4.20. The molecule has 0 bridgehead atoms. The Kier molecular flexibility index (Phi) is 6.10. The highest BCUT2D eigenvalue weighted by Gasteiger charge is 2.21. The van der Waals surface area contributed by atoms with Crippen LogP contribution in [0.15, 0.2) is 35.9 Å². The topological polar surface area (TPSA) is 99.2 Å². The van der Waals surface area contributed by atoms with E-state index in [1.165, 1.54) is 5.57 Å². The van der Waals surface area contributed by atoms with Crippen LogP contribution in [-0.4, -0.2) is 42.4 Å². The second kappa shape index (κ2) is 8.27. The van der Waals surface area contributed by atoms with Crippen molar-refractivity contribution in [2.45, 2.75) is 25.8 Å². The lowest BCUT2D eigenvalue weighted by Crippen LogP contribution is -2.45. The second-order valence-corrected chi connectivity index (χ2v) is 5.90. The number of carbonyl (C=O) groups excluding carboxylic acids is 2. The van der Waals surface area contributed by atoms with E-state index in [0.717, 1.165) is 19.4 Å². The Morgan fingerprint density at radius 3 is 2.96 bits per heavy atom. The summed E-state index contributed by atoms with van der Waals surface area (Å²) >= 11 is 0. The van der Waals surface area contributed by atoms with Gasteiger partial charge >= 0.3 is 0 Å². The van der Waals surface area contributed by atoms with E-state index >= 15 is 0 Å². The third-order valence-electron chi connectivity index (χ3n) is 4.20. The van der Waals surface area contributed by atoms with Gasteiger partial charge in [0.2, 0.25) is 5.91 Å². The molecule has 2 amide bonds. The van der Waals surface area contributed by atoms with Crippen molar-refractivity contribution in [1.29, 1.82) is 5.26 Å². The van der Waals surface area contributed by atoms with Crippen molar-refractivity contribution in [1.82, 2.24) is 10.2 Å². The number of amides is 2. The molecule has 0 aromatic heterocycles. The molecule has 0 aliphatic carbocycles. The Hall–Kier alpha value is -2.65. The number of primary amides is 1. The molecule has 0 fully saturated rings. The number of nitriles is 1. The summed E-state index contributed by atoms with van der Waals surface area (Å²) in [5, 5.41) is 11.7. The zero-order chi connectivity index (χ0) is 17.5. The highest BCUT2D eigenvalue weighted by Crippen LogP contribution is 2.15. The fourth-order valence-electron chi connectivity index (χ4n) is 2.70. The van der Waals surface area contributed by atoms with E-state index in [1.807, 2.05) is 13.0 Å². The van der Waals surface area contributed by atoms with Crippen LogP contribution in [0, 0.1) is 11.3 Å². The predicted octanol–water partition coefficient (Wildman–Crippen LogP) is 1.18. The smallest absolute Gasteiger partial charge is 0.251 e. The summed E-state index contributed by atoms with van der Waals surface area (Å²) in [6.45, 7) is 3.85. The van der Waals surface area contributed by atoms with Crippen LogP contribution in [0.2, 0.25) is 0 Å². The molecule has 126 valence electrons. The van der Waals surface area contributed by atoms with E-state index in [-0.39, 0.29) is 17.9 Å². The van der Waals surface area contributed by atoms with Gasteiger partial charge in [0.15, 0.2) is 0 Å². The Balaban J connectivity index is 1.83. The van der Waals surface area contributed by atoms with Crippen LogP contribution >= 0.6 is 0 Å². The molecular formula is C18H22N4O2. The van der Waals surface area contributed by atoms with Gasteiger partial charge in [0.05, 0.1) is 17.7 Å². The molecule has 3 N–H and O–H groups in total. The van der Waals surface area contributed by atoms with Gasteiger partial charge < -0.3 is 11.1 Å². The lowest BCUT2D eigenvalue weighted by Gasteiger charge is -2.31. The number of benzene rings is 1. The van der Waals surface area contributed by atoms with Gasteiger partial charge in [0, 0.05) is 25.2 Å². The van der Waals surface area contributed by atoms with Gasteiger partial charge in [-0.15, -0.1) is 0 Å². The van der Waals surface area contributed by atoms with Gasteiger partial charge in [0.25, 0.3) is 5.91 Å². The van der Waals surface area contributed by atoms with Crippen LogP contribution < -0.4 is 11.1 Å². The first kappa shape index (κ1) is 17.7. The van der Waals surface area contributed by atoms with Crippen LogP contribution in [0.4, 0.5) is 0 Å². The first-order valence-corrected chi connectivity index (χ1v) is 8.01. The fraction of sp³-hybridized carbons (Fsp3) is 0.389. The van der Waals surface area contributed by atoms with E-state index in [2.05, 4.69) is 16.3 Å². The molecular weight excluding hydrogens is 304 g/mol. The second-order valence-electron chi connectivity index (χ2n) is 5.90. The molecule has 0 radical (unpaired) electrons. The van der Waals surface area contributed by atoms with E-state index in [1.54, 1.807) is 24.3 Å². The van der Waals surface area contributed by atoms with Crippen molar-refractivity contribution in [3.05, 3.63) is 47.0 Å². The minimum atomic E-state index is -0.318. The summed E-state index contributed by atoms with van der Waals surface area (Å²) in [5.74, 6) is -0.507. The molecule has 1 aliphatic heterocycles. The van der Waals surface area contributed by atoms with Crippen LogP contribution in [0.5, 0.6) is 0 Å². The third kappa shape index (κ3) is 4.67. The van der Waals surface area contributed by atoms with Gasteiger partial charge in [-0.3, -0.25) is 14.5 Å². The van der Waals surface area contributed by atoms with E-state index in [9.17, 15) is 9.59 Å². The summed E-state index contributed by atoms with van der Waals surface area (Å²) in [4.78, 5) is 25.5. The fourth-order valence-corrected chi connectivity index (χ4v) is 2.70. The average Bonchev–Trinajstić information content (AvgIpc) is 2.61. The Bertz CT molecular complexity index is 691. The number of nitrogens with two attached hydrogens (primary N) is 1. The summed E-state index contributed by atoms with van der Waals surface area (Å²) in [7, 11) is 0. The molecule has 1 aliphatic rings. The van der Waals surface area contributed by atoms with E-state index in [0.29, 0.717) is 24.2 Å². The van der Waals surface area contributed by atoms with Crippen LogP contribution in [-0.2, 0) is 4.79 Å². The minimum Gasteiger partial charge on any atom is -0.368 e. The number of hydrogen-bond acceptors (Lipinski definition) is 4. The van der Waals surface area contributed by atoms with Crippen molar-refractivity contribution in [3.8, 4) is 6.07 Å². The van der Waals surface area contributed by atoms with Crippen molar-refractivity contribution in [2.75, 3.05) is 19.6 Å². The molecule has 0 saturated heterocycles. The van der Waals surface area contributed by atoms with Crippen LogP contribution in [0.25, 0.3) is 0 Å². The molecule has 0 spiro atoms. The molecule has 2 rings (SSSR count). The maximum Gasteiger partial charge on any atom is 0.251 e. The Morgan fingerprint density at radius 1 is 1.46 bits per heavy atom. The minimum absolute atomic E-state index is 0.189. The van der Waals surface area contributed by atoms with Gasteiger partial charge in [0.1, 0.15) is 0 Å². The monoisotopic (exact) mass is 326 g/mol. The lowest BCUT2D eigenvalue weighted by atomic mass is 10.0. The van der Waals surface area contributed by atoms with Crippen LogP contribution in [0.3, 0.4) is 0 Å². The normalized spacial score (nSPS) is 15.9. The van der Waals surface area contributed by atoms with Gasteiger partial charge in [-0.2, -0.15) is 5.26 Å². The van der Waals surface area contributed by atoms with Crippen molar-refractivity contribution in [3.63, 3.8) is 0 Å². The number of carbonyl (C=O) groups is 2. The molecule has 1 heterocycles. The molecule has 0 saturated carbocycles. The summed E-state index contributed by atoms with van der Waals surface area (Å²) in [5.41, 5.74) is 7.50. The Morgan fingerprint density at radius 2 is 2.25 bits per heavy atom. The number of hydrogen-bond donors (Lipinski definition) is 2. The van der Waals surface area contributed by atoms with Crippen LogP contribution in [0.1, 0.15) is 35.7 Å². The van der Waals surface area contributed by atoms with Crippen molar-refractivity contribution >= 4 is 11.8 Å². The highest BCUT2D eigenvalue weighted by molar-refractivity contribution is 5.94. The average molecular weight is 326 g/mol. The maximum absolute atomic E-state index is 12.1. The molecule has 1 aromatic carbocycles. The van der Waals surface area contributed by atoms with Gasteiger partial charge in [-0.05, 0) is 38.0 Å². The quantitative estimate of drug-likeness (QED) is 0.767. The molecule has 6 nitrogen and oxygen atoms in total. The first-order chi connectivity index (χ1) is 11.5. The molecule has 1 atom stereocenters. The lowest BCUT2D eigenvalue weighted by molar-refractivity contribution is -0.122. The van der Waals surface area contributed by atoms with E-state index < -0.39 is 0 Å². The van der Waals surface area contributed by atoms with Crippen molar-refractivity contribution in [2.24, 2.45) is 5.73 Å². The summed E-state index contributed by atoms with van der Waals surface area (Å²) < 4.78 is 0. The zero-order valence-corrected chi connectivity index (χ0v) is 13.8. The summed E-state index contributed by atoms with van der Waals surface area (Å²) in [6, 6.07) is 8.36. The molecule has 1 aromatic rings. The highest BCUT2D eigenvalue weighted by atomic mass is 16.2. The largest absolute Gasteiger partial charge is 0.368 e. The predicted molar refractivity (Wildman–Crippen MR) is 91.0 cm³/mol. The van der Waals surface area contributed by atoms with Crippen molar-refractivity contribution < 1.29 is 9.59 Å². The van der Waals surface area contributed by atoms with E-state index in [4.69, 9.17) is 11.0 Å². The van der Waals surface area contributed by atoms with Gasteiger partial charge in [-0.25, -0.2) is 0 Å². The first-order valence-electron chi connectivity index (χ1n) is 8.01. The molecule has 6 heteroatoms. The Labute approximate surface area is 141 Å². The molecule has 1 unspecified atom stereocenters. The summed E-state index contributed by atoms with van der Waals surface area (Å²) in [6.07, 6.45) is 3.77. The number of nitrogens with one attached hydrogen (secondary N) is 1. The standard InChI is InChI=1S/C18H22N4O2/c1-13(17(20)23)22-9-3-5-14(12-22)7-8-21-18(24)16-6-2-4-15(10-16)11-19/h2,4-6,10,13H,3,7-9,12H2,1H3,(H2,20,23)(H,21,24). The zero-order valence-electron chi connectivity index (χ0n) is 13.8. The number of rotatable bonds is 6.